The van der Waals surface area contributed by atoms with Crippen LogP contribution in [-0.2, 0) is 9.59 Å². The van der Waals surface area contributed by atoms with E-state index >= 15 is 0 Å². The molecule has 0 unspecified atom stereocenters. The van der Waals surface area contributed by atoms with Gasteiger partial charge in [-0.25, -0.2) is 4.98 Å². The summed E-state index contributed by atoms with van der Waals surface area (Å²) in [5.41, 5.74) is 1.61. The summed E-state index contributed by atoms with van der Waals surface area (Å²) in [7, 11) is 0. The third kappa shape index (κ3) is 3.16. The largest absolute Gasteiger partial charge is 0.298 e. The van der Waals surface area contributed by atoms with Crippen molar-refractivity contribution in [3.8, 4) is 10.6 Å². The summed E-state index contributed by atoms with van der Waals surface area (Å²) < 4.78 is 0. The van der Waals surface area contributed by atoms with Gasteiger partial charge in [-0.2, -0.15) is 0 Å². The number of hydrogen-bond acceptors (Lipinski definition) is 6. The molecule has 3 heterocycles. The van der Waals surface area contributed by atoms with E-state index in [9.17, 15) is 14.4 Å². The highest BCUT2D eigenvalue weighted by Gasteiger charge is 2.30. The number of rotatable bonds is 4. The van der Waals surface area contributed by atoms with Crippen LogP contribution in [-0.4, -0.2) is 22.7 Å². The van der Waals surface area contributed by atoms with Crippen LogP contribution >= 0.6 is 22.7 Å². The molecule has 3 amide bonds. The molecule has 0 saturated carbocycles. The van der Waals surface area contributed by atoms with Crippen molar-refractivity contribution in [1.29, 1.82) is 0 Å². The zero-order chi connectivity index (χ0) is 18.1. The lowest BCUT2D eigenvalue weighted by Crippen LogP contribution is -2.28. The first-order chi connectivity index (χ1) is 12.6. The Balaban J connectivity index is 1.53. The van der Waals surface area contributed by atoms with E-state index in [-0.39, 0.29) is 30.6 Å². The molecule has 1 fully saturated rings. The molecule has 1 aliphatic rings. The fraction of sp³-hybridized carbons (Fsp3) is 0.111. The average molecular weight is 383 g/mol. The van der Waals surface area contributed by atoms with Crippen molar-refractivity contribution in [2.24, 2.45) is 0 Å². The molecule has 1 aliphatic heterocycles. The number of carbonyl (C=O) groups is 3. The van der Waals surface area contributed by atoms with Gasteiger partial charge in [-0.15, -0.1) is 22.7 Å². The fourth-order valence-corrected chi connectivity index (χ4v) is 4.16. The summed E-state index contributed by atoms with van der Waals surface area (Å²) in [6.07, 6.45) is 0.416. The van der Waals surface area contributed by atoms with Gasteiger partial charge in [0.2, 0.25) is 11.8 Å². The van der Waals surface area contributed by atoms with Crippen LogP contribution in [0.15, 0.2) is 47.2 Å². The topological polar surface area (TPSA) is 79.4 Å². The van der Waals surface area contributed by atoms with Gasteiger partial charge in [0.25, 0.3) is 5.91 Å². The molecule has 0 bridgehead atoms. The zero-order valence-corrected chi connectivity index (χ0v) is 15.1. The van der Waals surface area contributed by atoms with E-state index in [1.54, 1.807) is 35.6 Å². The second-order valence-corrected chi connectivity index (χ2v) is 7.45. The van der Waals surface area contributed by atoms with Crippen LogP contribution in [0, 0.1) is 0 Å². The first kappa shape index (κ1) is 16.6. The van der Waals surface area contributed by atoms with Crippen LogP contribution in [0.1, 0.15) is 23.2 Å². The first-order valence-corrected chi connectivity index (χ1v) is 9.64. The number of aromatic nitrogens is 1. The Labute approximate surface area is 157 Å². The quantitative estimate of drug-likeness (QED) is 0.696. The third-order valence-corrected chi connectivity index (χ3v) is 5.57. The number of anilines is 2. The van der Waals surface area contributed by atoms with E-state index in [4.69, 9.17) is 0 Å². The first-order valence-electron chi connectivity index (χ1n) is 7.88. The van der Waals surface area contributed by atoms with E-state index in [1.165, 1.54) is 11.3 Å². The zero-order valence-electron chi connectivity index (χ0n) is 13.5. The van der Waals surface area contributed by atoms with Crippen molar-refractivity contribution in [2.75, 3.05) is 10.2 Å². The average Bonchev–Trinajstić information content (AvgIpc) is 3.37. The predicted molar refractivity (Wildman–Crippen MR) is 102 cm³/mol. The fourth-order valence-electron chi connectivity index (χ4n) is 2.69. The summed E-state index contributed by atoms with van der Waals surface area (Å²) >= 11 is 2.93. The minimum Gasteiger partial charge on any atom is -0.298 e. The second kappa shape index (κ2) is 6.81. The molecule has 0 aliphatic carbocycles. The number of hydrogen-bond donors (Lipinski definition) is 1. The summed E-state index contributed by atoms with van der Waals surface area (Å²) in [5, 5.41) is 7.12. The van der Waals surface area contributed by atoms with Gasteiger partial charge in [-0.05, 0) is 29.6 Å². The van der Waals surface area contributed by atoms with E-state index in [0.717, 1.165) is 15.5 Å². The molecule has 1 N–H and O–H groups in total. The molecule has 1 aromatic carbocycles. The Morgan fingerprint density at radius 2 is 1.88 bits per heavy atom. The lowest BCUT2D eigenvalue weighted by atomic mass is 10.2. The standard InChI is InChI=1S/C18H13N3O3S2/c22-15-6-7-16(23)21(15)12-4-1-3-11(9-12)17(24)20-18-19-13(10-26-18)14-5-2-8-25-14/h1-5,8-10H,6-7H2,(H,19,20,24). The normalized spacial score (nSPS) is 14.1. The van der Waals surface area contributed by atoms with Crippen LogP contribution in [0.2, 0.25) is 0 Å². The summed E-state index contributed by atoms with van der Waals surface area (Å²) in [6, 6.07) is 10.4. The van der Waals surface area contributed by atoms with Gasteiger partial charge in [-0.3, -0.25) is 24.6 Å². The van der Waals surface area contributed by atoms with Crippen LogP contribution in [0.4, 0.5) is 10.8 Å². The predicted octanol–water partition coefficient (Wildman–Crippen LogP) is 3.78. The molecular weight excluding hydrogens is 370 g/mol. The van der Waals surface area contributed by atoms with E-state index < -0.39 is 0 Å². The molecule has 3 aromatic rings. The van der Waals surface area contributed by atoms with Gasteiger partial charge in [0.05, 0.1) is 16.3 Å². The van der Waals surface area contributed by atoms with Gasteiger partial charge in [0, 0.05) is 23.8 Å². The van der Waals surface area contributed by atoms with Crippen LogP contribution in [0.5, 0.6) is 0 Å². The molecule has 1 saturated heterocycles. The third-order valence-electron chi connectivity index (χ3n) is 3.92. The highest BCUT2D eigenvalue weighted by molar-refractivity contribution is 7.16. The summed E-state index contributed by atoms with van der Waals surface area (Å²) in [5.74, 6) is -0.820. The Bertz CT molecular complexity index is 979. The van der Waals surface area contributed by atoms with Crippen molar-refractivity contribution in [3.63, 3.8) is 0 Å². The number of nitrogens with one attached hydrogen (secondary N) is 1. The molecule has 0 atom stereocenters. The van der Waals surface area contributed by atoms with Gasteiger partial charge in [0.1, 0.15) is 0 Å². The number of benzene rings is 1. The smallest absolute Gasteiger partial charge is 0.257 e. The van der Waals surface area contributed by atoms with Gasteiger partial charge in [0.15, 0.2) is 5.13 Å². The monoisotopic (exact) mass is 383 g/mol. The van der Waals surface area contributed by atoms with Crippen molar-refractivity contribution < 1.29 is 14.4 Å². The SMILES string of the molecule is O=C(Nc1nc(-c2cccs2)cs1)c1cccc(N2C(=O)CCC2=O)c1. The lowest BCUT2D eigenvalue weighted by Gasteiger charge is -2.14. The number of carbonyl (C=O) groups excluding carboxylic acids is 3. The maximum atomic E-state index is 12.5. The van der Waals surface area contributed by atoms with E-state index in [1.807, 2.05) is 22.9 Å². The minimum absolute atomic E-state index is 0.208. The summed E-state index contributed by atoms with van der Waals surface area (Å²) in [6.45, 7) is 0. The van der Waals surface area contributed by atoms with Crippen LogP contribution in [0.25, 0.3) is 10.6 Å². The maximum Gasteiger partial charge on any atom is 0.257 e. The Morgan fingerprint density at radius 3 is 2.62 bits per heavy atom. The molecule has 0 radical (unpaired) electrons. The van der Waals surface area contributed by atoms with Crippen LogP contribution < -0.4 is 10.2 Å². The van der Waals surface area contributed by atoms with Crippen molar-refractivity contribution in [2.45, 2.75) is 12.8 Å². The van der Waals surface area contributed by atoms with Gasteiger partial charge in [-0.1, -0.05) is 12.1 Å². The van der Waals surface area contributed by atoms with E-state index in [0.29, 0.717) is 16.4 Å². The van der Waals surface area contributed by atoms with E-state index in [2.05, 4.69) is 10.3 Å². The number of nitrogens with zero attached hydrogens (tertiary/aromatic N) is 2. The van der Waals surface area contributed by atoms with Crippen molar-refractivity contribution in [3.05, 3.63) is 52.7 Å². The van der Waals surface area contributed by atoms with Crippen molar-refractivity contribution in [1.82, 2.24) is 4.98 Å². The number of imide groups is 1. The molecule has 6 nitrogen and oxygen atoms in total. The van der Waals surface area contributed by atoms with Gasteiger partial charge < -0.3 is 0 Å². The summed E-state index contributed by atoms with van der Waals surface area (Å²) in [4.78, 5) is 42.8. The Hall–Kier alpha value is -2.84. The molecular formula is C18H13N3O3S2. The molecule has 4 rings (SSSR count). The highest BCUT2D eigenvalue weighted by atomic mass is 32.1. The molecule has 26 heavy (non-hydrogen) atoms. The minimum atomic E-state index is -0.335. The maximum absolute atomic E-state index is 12.5. The molecule has 8 heteroatoms. The molecule has 130 valence electrons. The molecule has 0 spiro atoms. The van der Waals surface area contributed by atoms with Crippen molar-refractivity contribution >= 4 is 51.2 Å². The number of amides is 3. The lowest BCUT2D eigenvalue weighted by molar-refractivity contribution is -0.121. The second-order valence-electron chi connectivity index (χ2n) is 5.64. The van der Waals surface area contributed by atoms with Crippen LogP contribution in [0.3, 0.4) is 0 Å². The number of thiazole rings is 1. The van der Waals surface area contributed by atoms with Gasteiger partial charge >= 0.3 is 0 Å². The number of thiophene rings is 1. The molecule has 2 aromatic heterocycles. The Kier molecular flexibility index (Phi) is 4.36. The highest BCUT2D eigenvalue weighted by Crippen LogP contribution is 2.29. The Morgan fingerprint density at radius 1 is 1.08 bits per heavy atom.